The average molecular weight is 342 g/mol. The monoisotopic (exact) mass is 341 g/mol. The van der Waals surface area contributed by atoms with Crippen LogP contribution in [0.3, 0.4) is 0 Å². The number of oxazole rings is 1. The minimum absolute atomic E-state index is 0. The van der Waals surface area contributed by atoms with E-state index >= 15 is 0 Å². The Bertz CT molecular complexity index is 657. The molecule has 1 aromatic heterocycles. The van der Waals surface area contributed by atoms with Gasteiger partial charge in [-0.05, 0) is 19.1 Å². The van der Waals surface area contributed by atoms with Gasteiger partial charge in [-0.3, -0.25) is 4.90 Å². The Morgan fingerprint density at radius 1 is 1.35 bits per heavy atom. The fourth-order valence-electron chi connectivity index (χ4n) is 2.57. The lowest BCUT2D eigenvalue weighted by Crippen LogP contribution is -2.43. The van der Waals surface area contributed by atoms with Crippen LogP contribution in [0.4, 0.5) is 4.39 Å². The van der Waals surface area contributed by atoms with Crippen LogP contribution in [0.1, 0.15) is 11.5 Å². The van der Waals surface area contributed by atoms with E-state index in [1.807, 2.05) is 6.92 Å². The van der Waals surface area contributed by atoms with Gasteiger partial charge >= 0.3 is 0 Å². The van der Waals surface area contributed by atoms with E-state index in [1.54, 1.807) is 12.1 Å². The van der Waals surface area contributed by atoms with Gasteiger partial charge < -0.3 is 14.5 Å². The van der Waals surface area contributed by atoms with Crippen molar-refractivity contribution in [2.75, 3.05) is 33.3 Å². The third-order valence-electron chi connectivity index (χ3n) is 3.88. The molecule has 3 rings (SSSR count). The molecule has 1 aliphatic heterocycles. The first kappa shape index (κ1) is 17.7. The molecule has 1 aromatic carbocycles. The zero-order valence-corrected chi connectivity index (χ0v) is 14.1. The molecule has 2 heterocycles. The Morgan fingerprint density at radius 3 is 2.74 bits per heavy atom. The standard InChI is InChI=1S/C16H20FN3O2.ClH/c1-11-15(10-20-7-5-18-6-8-20)19-16(22-11)13-4-3-12(21-2)9-14(13)17;/h3-4,9,18H,5-8,10H2,1-2H3;1H. The predicted octanol–water partition coefficient (Wildman–Crippen LogP) is 2.62. The van der Waals surface area contributed by atoms with E-state index in [2.05, 4.69) is 15.2 Å². The van der Waals surface area contributed by atoms with Crippen molar-refractivity contribution in [1.82, 2.24) is 15.2 Å². The number of aryl methyl sites for hydroxylation is 1. The van der Waals surface area contributed by atoms with Crippen molar-refractivity contribution >= 4 is 12.4 Å². The van der Waals surface area contributed by atoms with Crippen molar-refractivity contribution in [2.24, 2.45) is 0 Å². The summed E-state index contributed by atoms with van der Waals surface area (Å²) in [5.41, 5.74) is 1.22. The number of nitrogens with one attached hydrogen (secondary N) is 1. The first-order valence-corrected chi connectivity index (χ1v) is 7.40. The number of benzene rings is 1. The Kier molecular flexibility index (Phi) is 5.98. The molecule has 7 heteroatoms. The van der Waals surface area contributed by atoms with E-state index in [0.29, 0.717) is 17.2 Å². The Labute approximate surface area is 141 Å². The predicted molar refractivity (Wildman–Crippen MR) is 88.6 cm³/mol. The van der Waals surface area contributed by atoms with Gasteiger partial charge in [-0.1, -0.05) is 0 Å². The molecule has 0 spiro atoms. The highest BCUT2D eigenvalue weighted by Crippen LogP contribution is 2.27. The van der Waals surface area contributed by atoms with Crippen molar-refractivity contribution in [3.63, 3.8) is 0 Å². The zero-order chi connectivity index (χ0) is 15.5. The number of rotatable bonds is 4. The lowest BCUT2D eigenvalue weighted by atomic mass is 10.2. The zero-order valence-electron chi connectivity index (χ0n) is 13.3. The number of nitrogens with zero attached hydrogens (tertiary/aromatic N) is 2. The number of hydrogen-bond acceptors (Lipinski definition) is 5. The quantitative estimate of drug-likeness (QED) is 0.926. The van der Waals surface area contributed by atoms with Crippen molar-refractivity contribution < 1.29 is 13.5 Å². The van der Waals surface area contributed by atoms with Gasteiger partial charge in [-0.25, -0.2) is 9.37 Å². The van der Waals surface area contributed by atoms with Crippen LogP contribution in [0.15, 0.2) is 22.6 Å². The van der Waals surface area contributed by atoms with Gasteiger partial charge in [0.2, 0.25) is 5.89 Å². The first-order valence-electron chi connectivity index (χ1n) is 7.40. The molecule has 2 aromatic rings. The number of ether oxygens (including phenoxy) is 1. The van der Waals surface area contributed by atoms with Crippen LogP contribution in [-0.4, -0.2) is 43.2 Å². The van der Waals surface area contributed by atoms with Crippen LogP contribution in [0, 0.1) is 12.7 Å². The van der Waals surface area contributed by atoms with E-state index in [0.717, 1.165) is 44.2 Å². The van der Waals surface area contributed by atoms with Crippen molar-refractivity contribution in [3.8, 4) is 17.2 Å². The van der Waals surface area contributed by atoms with Crippen molar-refractivity contribution in [3.05, 3.63) is 35.5 Å². The minimum atomic E-state index is -0.394. The Balaban J connectivity index is 0.00000192. The number of piperazine rings is 1. The van der Waals surface area contributed by atoms with Crippen molar-refractivity contribution in [2.45, 2.75) is 13.5 Å². The topological polar surface area (TPSA) is 50.5 Å². The van der Waals surface area contributed by atoms with Crippen LogP contribution < -0.4 is 10.1 Å². The van der Waals surface area contributed by atoms with Crippen LogP contribution in [-0.2, 0) is 6.54 Å². The highest BCUT2D eigenvalue weighted by Gasteiger charge is 2.18. The van der Waals surface area contributed by atoms with E-state index < -0.39 is 5.82 Å². The molecule has 0 unspecified atom stereocenters. The van der Waals surface area contributed by atoms with Crippen LogP contribution in [0.2, 0.25) is 0 Å². The average Bonchev–Trinajstić information content (AvgIpc) is 2.89. The number of halogens is 2. The molecule has 0 amide bonds. The molecule has 0 saturated carbocycles. The second-order valence-electron chi connectivity index (χ2n) is 5.39. The second kappa shape index (κ2) is 7.77. The SMILES string of the molecule is COc1ccc(-c2nc(CN3CCNCC3)c(C)o2)c(F)c1.Cl. The molecule has 0 atom stereocenters. The van der Waals surface area contributed by atoms with Gasteiger partial charge in [-0.15, -0.1) is 12.4 Å². The summed E-state index contributed by atoms with van der Waals surface area (Å²) in [6.07, 6.45) is 0. The highest BCUT2D eigenvalue weighted by molar-refractivity contribution is 5.85. The van der Waals surface area contributed by atoms with Crippen LogP contribution in [0.25, 0.3) is 11.5 Å². The molecule has 0 bridgehead atoms. The molecule has 23 heavy (non-hydrogen) atoms. The van der Waals surface area contributed by atoms with Gasteiger partial charge in [0.25, 0.3) is 0 Å². The molecular weight excluding hydrogens is 321 g/mol. The largest absolute Gasteiger partial charge is 0.497 e. The number of aromatic nitrogens is 1. The van der Waals surface area contributed by atoms with Crippen molar-refractivity contribution in [1.29, 1.82) is 0 Å². The minimum Gasteiger partial charge on any atom is -0.497 e. The lowest BCUT2D eigenvalue weighted by Gasteiger charge is -2.26. The molecule has 1 aliphatic rings. The lowest BCUT2D eigenvalue weighted by molar-refractivity contribution is 0.230. The smallest absolute Gasteiger partial charge is 0.229 e. The maximum atomic E-state index is 14.1. The second-order valence-corrected chi connectivity index (χ2v) is 5.39. The van der Waals surface area contributed by atoms with E-state index in [4.69, 9.17) is 9.15 Å². The molecule has 1 fully saturated rings. The van der Waals surface area contributed by atoms with Gasteiger partial charge in [-0.2, -0.15) is 0 Å². The van der Waals surface area contributed by atoms with Crippen LogP contribution in [0.5, 0.6) is 5.75 Å². The summed E-state index contributed by atoms with van der Waals surface area (Å²) in [7, 11) is 1.51. The first-order chi connectivity index (χ1) is 10.7. The molecule has 0 aliphatic carbocycles. The summed E-state index contributed by atoms with van der Waals surface area (Å²) in [5.74, 6) is 1.14. The molecular formula is C16H21ClFN3O2. The Morgan fingerprint density at radius 2 is 2.09 bits per heavy atom. The third kappa shape index (κ3) is 4.02. The van der Waals surface area contributed by atoms with Gasteiger partial charge in [0.15, 0.2) is 0 Å². The Hall–Kier alpha value is -1.63. The van der Waals surface area contributed by atoms with Gasteiger partial charge in [0, 0.05) is 38.8 Å². The number of hydrogen-bond donors (Lipinski definition) is 1. The maximum absolute atomic E-state index is 14.1. The summed E-state index contributed by atoms with van der Waals surface area (Å²) < 4.78 is 24.8. The summed E-state index contributed by atoms with van der Waals surface area (Å²) >= 11 is 0. The van der Waals surface area contributed by atoms with E-state index in [1.165, 1.54) is 13.2 Å². The fraction of sp³-hybridized carbons (Fsp3) is 0.438. The maximum Gasteiger partial charge on any atom is 0.229 e. The molecule has 1 N–H and O–H groups in total. The molecule has 5 nitrogen and oxygen atoms in total. The van der Waals surface area contributed by atoms with Gasteiger partial charge in [0.05, 0.1) is 18.4 Å². The molecule has 0 radical (unpaired) electrons. The summed E-state index contributed by atoms with van der Waals surface area (Å²) in [4.78, 5) is 6.80. The molecule has 126 valence electrons. The summed E-state index contributed by atoms with van der Waals surface area (Å²) in [6.45, 7) is 6.54. The number of methoxy groups -OCH3 is 1. The van der Waals surface area contributed by atoms with Gasteiger partial charge in [0.1, 0.15) is 17.3 Å². The van der Waals surface area contributed by atoms with Crippen LogP contribution >= 0.6 is 12.4 Å². The summed E-state index contributed by atoms with van der Waals surface area (Å²) in [5, 5.41) is 3.32. The van der Waals surface area contributed by atoms with E-state index in [-0.39, 0.29) is 12.4 Å². The highest BCUT2D eigenvalue weighted by atomic mass is 35.5. The third-order valence-corrected chi connectivity index (χ3v) is 3.88. The normalized spacial score (nSPS) is 15.3. The summed E-state index contributed by atoms with van der Waals surface area (Å²) in [6, 6.07) is 4.67. The fourth-order valence-corrected chi connectivity index (χ4v) is 2.57. The van der Waals surface area contributed by atoms with E-state index in [9.17, 15) is 4.39 Å². The molecule has 1 saturated heterocycles.